The van der Waals surface area contributed by atoms with Crippen LogP contribution < -0.4 is 10.6 Å². The van der Waals surface area contributed by atoms with Crippen LogP contribution in [0.5, 0.6) is 0 Å². The minimum Gasteiger partial charge on any atom is -0.343 e. The third-order valence-electron chi connectivity index (χ3n) is 3.00. The van der Waals surface area contributed by atoms with Crippen molar-refractivity contribution in [1.29, 1.82) is 0 Å². The lowest BCUT2D eigenvalue weighted by Crippen LogP contribution is -2.12. The summed E-state index contributed by atoms with van der Waals surface area (Å²) in [4.78, 5) is 34.2. The van der Waals surface area contributed by atoms with Crippen molar-refractivity contribution in [2.75, 3.05) is 10.6 Å². The molecule has 0 unspecified atom stereocenters. The number of hydrogen-bond acceptors (Lipinski definition) is 4. The Balaban J connectivity index is 1.74. The molecule has 2 amide bonds. The van der Waals surface area contributed by atoms with Gasteiger partial charge in [0.15, 0.2) is 5.65 Å². The summed E-state index contributed by atoms with van der Waals surface area (Å²) in [6.07, 6.45) is 3.00. The zero-order valence-electron chi connectivity index (χ0n) is 11.8. The number of rotatable bonds is 3. The number of pyridine rings is 1. The number of benzene rings is 1. The molecule has 0 spiro atoms. The second-order valence-electron chi connectivity index (χ2n) is 4.71. The van der Waals surface area contributed by atoms with E-state index in [9.17, 15) is 9.59 Å². The highest BCUT2D eigenvalue weighted by Crippen LogP contribution is 2.15. The Labute approximate surface area is 125 Å². The summed E-state index contributed by atoms with van der Waals surface area (Å²) >= 11 is 0. The Kier molecular flexibility index (Phi) is 3.53. The second-order valence-corrected chi connectivity index (χ2v) is 4.71. The fourth-order valence-corrected chi connectivity index (χ4v) is 2.00. The van der Waals surface area contributed by atoms with Crippen molar-refractivity contribution >= 4 is 34.4 Å². The third kappa shape index (κ3) is 2.93. The molecule has 0 aliphatic rings. The predicted molar refractivity (Wildman–Crippen MR) is 82.6 cm³/mol. The van der Waals surface area contributed by atoms with E-state index in [1.54, 1.807) is 30.3 Å². The van der Waals surface area contributed by atoms with Gasteiger partial charge in [0.2, 0.25) is 5.91 Å². The number of H-pyrrole nitrogens is 1. The molecule has 22 heavy (non-hydrogen) atoms. The molecule has 0 atom stereocenters. The van der Waals surface area contributed by atoms with Crippen molar-refractivity contribution in [2.24, 2.45) is 0 Å². The van der Waals surface area contributed by atoms with Gasteiger partial charge in [-0.2, -0.15) is 0 Å². The molecule has 2 heterocycles. The second kappa shape index (κ2) is 5.65. The van der Waals surface area contributed by atoms with Gasteiger partial charge in [-0.05, 0) is 30.3 Å². The summed E-state index contributed by atoms with van der Waals surface area (Å²) in [5, 5.41) is 5.43. The smallest absolute Gasteiger partial charge is 0.257 e. The summed E-state index contributed by atoms with van der Waals surface area (Å²) in [5.41, 5.74) is 3.00. The first kappa shape index (κ1) is 13.7. The molecule has 1 aromatic carbocycles. The summed E-state index contributed by atoms with van der Waals surface area (Å²) < 4.78 is 0. The predicted octanol–water partition coefficient (Wildman–Crippen LogP) is 2.17. The Morgan fingerprint density at radius 2 is 1.73 bits per heavy atom. The fraction of sp³-hybridized carbons (Fsp3) is 0.0667. The lowest BCUT2D eigenvalue weighted by Gasteiger charge is -2.07. The lowest BCUT2D eigenvalue weighted by atomic mass is 10.2. The van der Waals surface area contributed by atoms with Crippen LogP contribution in [0.1, 0.15) is 17.3 Å². The first-order chi connectivity index (χ1) is 10.6. The van der Waals surface area contributed by atoms with Crippen LogP contribution in [0.2, 0.25) is 0 Å². The topological polar surface area (TPSA) is 99.8 Å². The largest absolute Gasteiger partial charge is 0.343 e. The van der Waals surface area contributed by atoms with Crippen LogP contribution in [0.3, 0.4) is 0 Å². The highest BCUT2D eigenvalue weighted by Gasteiger charge is 2.09. The molecule has 3 N–H and O–H groups in total. The summed E-state index contributed by atoms with van der Waals surface area (Å²) in [5.74, 6) is -0.410. The van der Waals surface area contributed by atoms with Gasteiger partial charge in [-0.3, -0.25) is 9.59 Å². The monoisotopic (exact) mass is 295 g/mol. The summed E-state index contributed by atoms with van der Waals surface area (Å²) in [7, 11) is 0. The fourth-order valence-electron chi connectivity index (χ4n) is 2.00. The normalized spacial score (nSPS) is 10.4. The number of nitrogens with one attached hydrogen (secondary N) is 3. The van der Waals surface area contributed by atoms with E-state index in [0.717, 1.165) is 0 Å². The number of nitrogens with zero attached hydrogens (tertiary/aromatic N) is 2. The number of carbonyl (C=O) groups excluding carboxylic acids is 2. The van der Waals surface area contributed by atoms with Crippen LogP contribution in [0.4, 0.5) is 11.4 Å². The molecule has 0 aliphatic carbocycles. The lowest BCUT2D eigenvalue weighted by molar-refractivity contribution is -0.114. The van der Waals surface area contributed by atoms with E-state index >= 15 is 0 Å². The summed E-state index contributed by atoms with van der Waals surface area (Å²) in [6, 6.07) is 8.55. The minimum absolute atomic E-state index is 0.143. The SMILES string of the molecule is CC(=O)Nc1ccc(NC(=O)c2cnc3nc[nH]c3c2)cc1. The first-order valence-corrected chi connectivity index (χ1v) is 6.60. The Morgan fingerprint density at radius 1 is 1.05 bits per heavy atom. The van der Waals surface area contributed by atoms with Gasteiger partial charge in [0, 0.05) is 24.5 Å². The molecule has 0 bridgehead atoms. The van der Waals surface area contributed by atoms with Crippen molar-refractivity contribution in [3.8, 4) is 0 Å². The maximum Gasteiger partial charge on any atom is 0.257 e. The van der Waals surface area contributed by atoms with Crippen molar-refractivity contribution in [2.45, 2.75) is 6.92 Å². The first-order valence-electron chi connectivity index (χ1n) is 6.60. The molecule has 0 radical (unpaired) electrons. The maximum atomic E-state index is 12.2. The molecule has 110 valence electrons. The quantitative estimate of drug-likeness (QED) is 0.689. The van der Waals surface area contributed by atoms with Gasteiger partial charge in [0.1, 0.15) is 0 Å². The molecule has 3 rings (SSSR count). The highest BCUT2D eigenvalue weighted by molar-refractivity contribution is 6.05. The number of hydrogen-bond donors (Lipinski definition) is 3. The van der Waals surface area contributed by atoms with Gasteiger partial charge in [-0.25, -0.2) is 9.97 Å². The van der Waals surface area contributed by atoms with E-state index < -0.39 is 0 Å². The van der Waals surface area contributed by atoms with Gasteiger partial charge in [-0.1, -0.05) is 0 Å². The van der Waals surface area contributed by atoms with Gasteiger partial charge >= 0.3 is 0 Å². The van der Waals surface area contributed by atoms with E-state index in [1.165, 1.54) is 19.4 Å². The van der Waals surface area contributed by atoms with Crippen molar-refractivity contribution in [3.63, 3.8) is 0 Å². The van der Waals surface area contributed by atoms with Crippen LogP contribution in [0.25, 0.3) is 11.2 Å². The van der Waals surface area contributed by atoms with Crippen molar-refractivity contribution in [1.82, 2.24) is 15.0 Å². The number of carbonyl (C=O) groups is 2. The van der Waals surface area contributed by atoms with Crippen molar-refractivity contribution < 1.29 is 9.59 Å². The minimum atomic E-state index is -0.267. The standard InChI is InChI=1S/C15H13N5O2/c1-9(21)19-11-2-4-12(5-3-11)20-15(22)10-6-13-14(16-7-10)18-8-17-13/h2-8H,1H3,(H,19,21)(H,20,22)(H,16,17,18). The van der Waals surface area contributed by atoms with Crippen LogP contribution in [0, 0.1) is 0 Å². The molecule has 0 saturated carbocycles. The average molecular weight is 295 g/mol. The Hall–Kier alpha value is -3.22. The molecule has 0 aliphatic heterocycles. The van der Waals surface area contributed by atoms with Gasteiger partial charge in [-0.15, -0.1) is 0 Å². The van der Waals surface area contributed by atoms with Crippen LogP contribution in [-0.2, 0) is 4.79 Å². The van der Waals surface area contributed by atoms with E-state index in [0.29, 0.717) is 28.1 Å². The number of aromatic amines is 1. The molecular weight excluding hydrogens is 282 g/mol. The average Bonchev–Trinajstić information content (AvgIpc) is 2.96. The van der Waals surface area contributed by atoms with Crippen LogP contribution in [-0.4, -0.2) is 26.8 Å². The highest BCUT2D eigenvalue weighted by atomic mass is 16.2. The molecule has 0 saturated heterocycles. The number of aromatic nitrogens is 3. The number of fused-ring (bicyclic) bond motifs is 1. The van der Waals surface area contributed by atoms with Gasteiger partial charge < -0.3 is 15.6 Å². The zero-order valence-corrected chi connectivity index (χ0v) is 11.8. The Morgan fingerprint density at radius 3 is 2.41 bits per heavy atom. The van der Waals surface area contributed by atoms with Gasteiger partial charge in [0.05, 0.1) is 17.4 Å². The van der Waals surface area contributed by atoms with Crippen molar-refractivity contribution in [3.05, 3.63) is 48.4 Å². The third-order valence-corrected chi connectivity index (χ3v) is 3.00. The number of anilines is 2. The zero-order chi connectivity index (χ0) is 15.5. The van der Waals surface area contributed by atoms with E-state index in [2.05, 4.69) is 25.6 Å². The van der Waals surface area contributed by atoms with E-state index in [1.807, 2.05) is 0 Å². The molecule has 0 fully saturated rings. The Bertz CT molecular complexity index is 839. The van der Waals surface area contributed by atoms with E-state index in [4.69, 9.17) is 0 Å². The van der Waals surface area contributed by atoms with E-state index in [-0.39, 0.29) is 11.8 Å². The number of imidazole rings is 1. The van der Waals surface area contributed by atoms with Crippen LogP contribution in [0.15, 0.2) is 42.9 Å². The summed E-state index contributed by atoms with van der Waals surface area (Å²) in [6.45, 7) is 1.44. The van der Waals surface area contributed by atoms with Crippen LogP contribution >= 0.6 is 0 Å². The molecule has 7 nitrogen and oxygen atoms in total. The molecule has 2 aromatic heterocycles. The molecule has 7 heteroatoms. The molecule has 3 aromatic rings. The maximum absolute atomic E-state index is 12.2. The number of amides is 2. The molecular formula is C15H13N5O2. The van der Waals surface area contributed by atoms with Gasteiger partial charge in [0.25, 0.3) is 5.91 Å².